The molecule has 0 saturated carbocycles. The summed E-state index contributed by atoms with van der Waals surface area (Å²) in [6.45, 7) is 3.42. The van der Waals surface area contributed by atoms with Crippen molar-refractivity contribution in [1.82, 2.24) is 5.16 Å². The summed E-state index contributed by atoms with van der Waals surface area (Å²) in [5.74, 6) is 0.349. The summed E-state index contributed by atoms with van der Waals surface area (Å²) >= 11 is 5.84. The van der Waals surface area contributed by atoms with Crippen molar-refractivity contribution in [1.29, 1.82) is 0 Å². The lowest BCUT2D eigenvalue weighted by molar-refractivity contribution is -0.384. The molecule has 1 heterocycles. The number of benzene rings is 2. The molecule has 2 aromatic carbocycles. The molecule has 1 aromatic heterocycles. The number of carbonyl (C=O) groups excluding carboxylic acids is 1. The summed E-state index contributed by atoms with van der Waals surface area (Å²) in [7, 11) is 0. The molecule has 0 saturated heterocycles. The van der Waals surface area contributed by atoms with Crippen LogP contribution in [0.15, 0.2) is 47.0 Å². The second-order valence-electron chi connectivity index (χ2n) is 6.04. The van der Waals surface area contributed by atoms with Gasteiger partial charge in [0.25, 0.3) is 11.6 Å². The zero-order chi connectivity index (χ0) is 20.3. The van der Waals surface area contributed by atoms with E-state index in [1.165, 1.54) is 12.1 Å². The van der Waals surface area contributed by atoms with Gasteiger partial charge in [-0.2, -0.15) is 0 Å². The number of rotatable bonds is 6. The monoisotopic (exact) mass is 401 g/mol. The van der Waals surface area contributed by atoms with E-state index in [9.17, 15) is 14.9 Å². The van der Waals surface area contributed by atoms with Gasteiger partial charge in [0.15, 0.2) is 5.69 Å². The van der Waals surface area contributed by atoms with Gasteiger partial charge in [-0.05, 0) is 49.7 Å². The molecule has 8 nitrogen and oxygen atoms in total. The number of aryl methyl sites for hydroxylation is 2. The highest BCUT2D eigenvalue weighted by Crippen LogP contribution is 2.27. The lowest BCUT2D eigenvalue weighted by Gasteiger charge is -2.08. The van der Waals surface area contributed by atoms with E-state index < -0.39 is 10.8 Å². The molecule has 0 atom stereocenters. The van der Waals surface area contributed by atoms with E-state index in [0.29, 0.717) is 27.7 Å². The van der Waals surface area contributed by atoms with Crippen LogP contribution in [0.4, 0.5) is 11.4 Å². The maximum absolute atomic E-state index is 12.6. The molecule has 0 fully saturated rings. The van der Waals surface area contributed by atoms with Crippen molar-refractivity contribution in [2.75, 3.05) is 5.32 Å². The number of nitrogens with one attached hydrogen (secondary N) is 1. The van der Waals surface area contributed by atoms with Crippen LogP contribution in [-0.4, -0.2) is 16.0 Å². The largest absolute Gasteiger partial charge is 0.489 e. The van der Waals surface area contributed by atoms with E-state index >= 15 is 0 Å². The van der Waals surface area contributed by atoms with Crippen molar-refractivity contribution < 1.29 is 19.0 Å². The Kier molecular flexibility index (Phi) is 5.60. The van der Waals surface area contributed by atoms with Crippen LogP contribution >= 0.6 is 11.6 Å². The van der Waals surface area contributed by atoms with Crippen molar-refractivity contribution in [3.05, 3.63) is 80.2 Å². The van der Waals surface area contributed by atoms with Crippen LogP contribution in [0.3, 0.4) is 0 Å². The Morgan fingerprint density at radius 2 is 1.96 bits per heavy atom. The maximum atomic E-state index is 12.6. The second-order valence-corrected chi connectivity index (χ2v) is 6.48. The van der Waals surface area contributed by atoms with Crippen LogP contribution in [-0.2, 0) is 6.61 Å². The van der Waals surface area contributed by atoms with E-state index in [0.717, 1.165) is 0 Å². The van der Waals surface area contributed by atoms with E-state index in [4.69, 9.17) is 20.9 Å². The number of hydrogen-bond donors (Lipinski definition) is 1. The highest BCUT2D eigenvalue weighted by atomic mass is 35.5. The molecule has 28 heavy (non-hydrogen) atoms. The minimum absolute atomic E-state index is 0.00124. The predicted octanol–water partition coefficient (Wildman–Crippen LogP) is 4.68. The average molecular weight is 402 g/mol. The van der Waals surface area contributed by atoms with Crippen LogP contribution < -0.4 is 10.1 Å². The Morgan fingerprint density at radius 1 is 1.25 bits per heavy atom. The molecule has 0 unspecified atom stereocenters. The molecule has 3 aromatic rings. The number of nitrogens with zero attached hydrogens (tertiary/aromatic N) is 2. The number of aromatic nitrogens is 1. The Morgan fingerprint density at radius 3 is 2.64 bits per heavy atom. The molecule has 0 radical (unpaired) electrons. The molecule has 3 rings (SSSR count). The zero-order valence-corrected chi connectivity index (χ0v) is 15.8. The fraction of sp³-hybridized carbons (Fsp3) is 0.158. The first-order valence-corrected chi connectivity index (χ1v) is 8.63. The minimum atomic E-state index is -0.626. The average Bonchev–Trinajstić information content (AvgIpc) is 3.03. The number of hydrogen-bond acceptors (Lipinski definition) is 6. The molecule has 1 N–H and O–H groups in total. The molecule has 1 amide bonds. The molecule has 0 spiro atoms. The van der Waals surface area contributed by atoms with Crippen molar-refractivity contribution in [2.24, 2.45) is 0 Å². The van der Waals surface area contributed by atoms with Gasteiger partial charge in [-0.1, -0.05) is 22.8 Å². The number of carbonyl (C=O) groups is 1. The Hall–Kier alpha value is -3.39. The number of amides is 1. The standard InChI is InChI=1S/C19H16ClN3O5/c1-11-3-8-16(17(9-11)23(25)26)21-19(24)18-15(12(2)28-22-18)10-27-14-6-4-13(20)5-7-14/h3-9H,10H2,1-2H3,(H,21,24). The molecular weight excluding hydrogens is 386 g/mol. The third kappa shape index (κ3) is 4.29. The Balaban J connectivity index is 1.80. The highest BCUT2D eigenvalue weighted by molar-refractivity contribution is 6.30. The van der Waals surface area contributed by atoms with Gasteiger partial charge >= 0.3 is 0 Å². The number of nitro groups is 1. The summed E-state index contributed by atoms with van der Waals surface area (Å²) in [6, 6.07) is 11.3. The van der Waals surface area contributed by atoms with Crippen LogP contribution in [0.2, 0.25) is 5.02 Å². The fourth-order valence-corrected chi connectivity index (χ4v) is 2.63. The number of anilines is 1. The molecular formula is C19H16ClN3O5. The first kappa shape index (κ1) is 19.4. The molecule has 0 aliphatic heterocycles. The van der Waals surface area contributed by atoms with Crippen LogP contribution in [0.1, 0.15) is 27.4 Å². The minimum Gasteiger partial charge on any atom is -0.489 e. The van der Waals surface area contributed by atoms with E-state index in [-0.39, 0.29) is 23.7 Å². The second kappa shape index (κ2) is 8.10. The lowest BCUT2D eigenvalue weighted by atomic mass is 10.1. The quantitative estimate of drug-likeness (QED) is 0.474. The zero-order valence-electron chi connectivity index (χ0n) is 15.1. The van der Waals surface area contributed by atoms with Crippen LogP contribution in [0, 0.1) is 24.0 Å². The van der Waals surface area contributed by atoms with Crippen molar-refractivity contribution in [3.63, 3.8) is 0 Å². The maximum Gasteiger partial charge on any atom is 0.293 e. The topological polar surface area (TPSA) is 108 Å². The summed E-state index contributed by atoms with van der Waals surface area (Å²) < 4.78 is 10.8. The molecule has 0 aliphatic carbocycles. The van der Waals surface area contributed by atoms with E-state index in [1.54, 1.807) is 44.2 Å². The normalized spacial score (nSPS) is 10.5. The number of ether oxygens (including phenoxy) is 1. The van der Waals surface area contributed by atoms with Crippen molar-refractivity contribution in [3.8, 4) is 5.75 Å². The molecule has 0 bridgehead atoms. The van der Waals surface area contributed by atoms with Gasteiger partial charge in [0.05, 0.1) is 10.5 Å². The Labute approximate surface area is 165 Å². The van der Waals surface area contributed by atoms with Gasteiger partial charge in [-0.25, -0.2) is 0 Å². The smallest absolute Gasteiger partial charge is 0.293 e. The summed E-state index contributed by atoms with van der Waals surface area (Å²) in [4.78, 5) is 23.3. The molecule has 144 valence electrons. The summed E-state index contributed by atoms with van der Waals surface area (Å²) in [5, 5.41) is 18.1. The molecule has 0 aliphatic rings. The SMILES string of the molecule is Cc1ccc(NC(=O)c2noc(C)c2COc2ccc(Cl)cc2)c([N+](=O)[O-])c1. The first-order chi connectivity index (χ1) is 13.3. The third-order valence-corrected chi connectivity index (χ3v) is 4.25. The van der Waals surface area contributed by atoms with Gasteiger partial charge in [0.1, 0.15) is 23.8 Å². The van der Waals surface area contributed by atoms with E-state index in [1.807, 2.05) is 0 Å². The number of halogens is 1. The van der Waals surface area contributed by atoms with Gasteiger partial charge in [-0.3, -0.25) is 14.9 Å². The molecule has 9 heteroatoms. The third-order valence-electron chi connectivity index (χ3n) is 3.99. The van der Waals surface area contributed by atoms with Gasteiger partial charge in [0.2, 0.25) is 0 Å². The highest BCUT2D eigenvalue weighted by Gasteiger charge is 2.23. The Bertz CT molecular complexity index is 1030. The van der Waals surface area contributed by atoms with Gasteiger partial charge in [-0.15, -0.1) is 0 Å². The van der Waals surface area contributed by atoms with Crippen molar-refractivity contribution >= 4 is 28.9 Å². The summed E-state index contributed by atoms with van der Waals surface area (Å²) in [5.41, 5.74) is 1.03. The predicted molar refractivity (Wildman–Crippen MR) is 103 cm³/mol. The van der Waals surface area contributed by atoms with Gasteiger partial charge < -0.3 is 14.6 Å². The van der Waals surface area contributed by atoms with E-state index in [2.05, 4.69) is 10.5 Å². The first-order valence-electron chi connectivity index (χ1n) is 8.25. The van der Waals surface area contributed by atoms with Crippen molar-refractivity contribution in [2.45, 2.75) is 20.5 Å². The van der Waals surface area contributed by atoms with Gasteiger partial charge in [0, 0.05) is 11.1 Å². The fourth-order valence-electron chi connectivity index (χ4n) is 2.51. The lowest BCUT2D eigenvalue weighted by Crippen LogP contribution is -2.16. The van der Waals surface area contributed by atoms with Crippen LogP contribution in [0.25, 0.3) is 0 Å². The number of nitro benzene ring substituents is 1. The summed E-state index contributed by atoms with van der Waals surface area (Å²) in [6.07, 6.45) is 0. The van der Waals surface area contributed by atoms with Crippen LogP contribution in [0.5, 0.6) is 5.75 Å².